The van der Waals surface area contributed by atoms with Crippen molar-refractivity contribution < 1.29 is 9.53 Å². The first-order chi connectivity index (χ1) is 14.0. The van der Waals surface area contributed by atoms with Crippen LogP contribution in [0, 0.1) is 45.8 Å². The largest absolute Gasteiger partial charge is 0.417 e. The van der Waals surface area contributed by atoms with Gasteiger partial charge in [0.1, 0.15) is 0 Å². The predicted molar refractivity (Wildman–Crippen MR) is 129 cm³/mol. The van der Waals surface area contributed by atoms with Gasteiger partial charge in [0, 0.05) is 0 Å². The number of aliphatic hydroxyl groups excluding tert-OH is 1. The second-order valence-electron chi connectivity index (χ2n) is 13.2. The Morgan fingerprint density at radius 1 is 1.03 bits per heavy atom. The summed E-state index contributed by atoms with van der Waals surface area (Å²) in [5, 5.41) is 11.0. The van der Waals surface area contributed by atoms with Crippen LogP contribution in [0.5, 0.6) is 0 Å². The minimum atomic E-state index is -1.01. The van der Waals surface area contributed by atoms with Crippen LogP contribution < -0.4 is 0 Å². The molecule has 3 unspecified atom stereocenters. The highest BCUT2D eigenvalue weighted by Gasteiger charge is 2.60. The molecule has 172 valence electrons. The third-order valence-electron chi connectivity index (χ3n) is 10.5. The SMILES string of the molecule is C[SiH](C)OCC=C1C(O)C[C@H]2[C@@H]3CCC4CC(C(C)(C)C)CC[C@]4(C)[C@H]3CC[C@]12C. The third-order valence-corrected chi connectivity index (χ3v) is 11.4. The van der Waals surface area contributed by atoms with Crippen LogP contribution in [-0.2, 0) is 4.43 Å². The molecular weight excluding hydrogens is 384 g/mol. The molecule has 0 spiro atoms. The molecule has 1 N–H and O–H groups in total. The molecule has 0 saturated heterocycles. The third kappa shape index (κ3) is 3.79. The van der Waals surface area contributed by atoms with Gasteiger partial charge in [-0.15, -0.1) is 0 Å². The van der Waals surface area contributed by atoms with Crippen molar-refractivity contribution in [2.45, 2.75) is 105 Å². The van der Waals surface area contributed by atoms with E-state index in [-0.39, 0.29) is 11.5 Å². The van der Waals surface area contributed by atoms with Crippen molar-refractivity contribution in [3.8, 4) is 0 Å². The van der Waals surface area contributed by atoms with Gasteiger partial charge in [-0.2, -0.15) is 0 Å². The summed E-state index contributed by atoms with van der Waals surface area (Å²) in [5.41, 5.74) is 2.52. The second-order valence-corrected chi connectivity index (χ2v) is 15.7. The lowest BCUT2D eigenvalue weighted by Crippen LogP contribution is -2.53. The summed E-state index contributed by atoms with van der Waals surface area (Å²) in [4.78, 5) is 0. The van der Waals surface area contributed by atoms with E-state index in [1.165, 1.54) is 50.5 Å². The predicted octanol–water partition coefficient (Wildman–Crippen LogP) is 6.59. The van der Waals surface area contributed by atoms with Crippen molar-refractivity contribution in [2.75, 3.05) is 6.61 Å². The molecule has 0 aromatic heterocycles. The molecule has 4 fully saturated rings. The van der Waals surface area contributed by atoms with Gasteiger partial charge in [-0.25, -0.2) is 0 Å². The zero-order valence-corrected chi connectivity index (χ0v) is 22.0. The van der Waals surface area contributed by atoms with Gasteiger partial charge in [0.05, 0.1) is 12.7 Å². The number of hydrogen-bond acceptors (Lipinski definition) is 2. The van der Waals surface area contributed by atoms with E-state index in [2.05, 4.69) is 53.8 Å². The number of fused-ring (bicyclic) bond motifs is 5. The van der Waals surface area contributed by atoms with Gasteiger partial charge in [-0.3, -0.25) is 0 Å². The van der Waals surface area contributed by atoms with Crippen molar-refractivity contribution in [1.29, 1.82) is 0 Å². The molecule has 0 radical (unpaired) electrons. The van der Waals surface area contributed by atoms with Gasteiger partial charge < -0.3 is 9.53 Å². The van der Waals surface area contributed by atoms with Crippen molar-refractivity contribution in [3.63, 3.8) is 0 Å². The average Bonchev–Trinajstić information content (AvgIpc) is 2.90. The zero-order valence-electron chi connectivity index (χ0n) is 20.8. The molecular formula is C27H48O2Si. The quantitative estimate of drug-likeness (QED) is 0.403. The maximum Gasteiger partial charge on any atom is 0.171 e. The summed E-state index contributed by atoms with van der Waals surface area (Å²) in [6.45, 7) is 17.7. The Balaban J connectivity index is 1.53. The fourth-order valence-corrected chi connectivity index (χ4v) is 9.09. The normalized spacial score (nSPS) is 47.8. The Morgan fingerprint density at radius 3 is 2.43 bits per heavy atom. The van der Waals surface area contributed by atoms with Gasteiger partial charge in [0.25, 0.3) is 0 Å². The minimum absolute atomic E-state index is 0.203. The zero-order chi connectivity index (χ0) is 21.9. The monoisotopic (exact) mass is 432 g/mol. The van der Waals surface area contributed by atoms with Crippen LogP contribution in [0.1, 0.15) is 86.0 Å². The van der Waals surface area contributed by atoms with E-state index in [9.17, 15) is 5.11 Å². The summed E-state index contributed by atoms with van der Waals surface area (Å²) in [5.74, 6) is 4.19. The van der Waals surface area contributed by atoms with Gasteiger partial charge in [0.2, 0.25) is 0 Å². The van der Waals surface area contributed by atoms with E-state index in [0.717, 1.165) is 30.1 Å². The molecule has 8 atom stereocenters. The first kappa shape index (κ1) is 23.0. The van der Waals surface area contributed by atoms with E-state index in [0.29, 0.717) is 23.4 Å². The maximum atomic E-state index is 11.0. The molecule has 0 aromatic rings. The van der Waals surface area contributed by atoms with Crippen LogP contribution in [-0.4, -0.2) is 26.9 Å². The van der Waals surface area contributed by atoms with Crippen LogP contribution >= 0.6 is 0 Å². The average molecular weight is 433 g/mol. The highest BCUT2D eigenvalue weighted by atomic mass is 28.3. The number of hydrogen-bond donors (Lipinski definition) is 1. The molecule has 4 aliphatic carbocycles. The Kier molecular flexibility index (Phi) is 6.17. The van der Waals surface area contributed by atoms with Crippen LogP contribution in [0.3, 0.4) is 0 Å². The summed E-state index contributed by atoms with van der Waals surface area (Å²) in [7, 11) is -1.01. The fourth-order valence-electron chi connectivity index (χ4n) is 8.61. The van der Waals surface area contributed by atoms with E-state index in [1.807, 2.05) is 0 Å². The minimum Gasteiger partial charge on any atom is -0.417 e. The lowest BCUT2D eigenvalue weighted by molar-refractivity contribution is -0.114. The molecule has 4 aliphatic rings. The molecule has 4 saturated carbocycles. The van der Waals surface area contributed by atoms with Crippen molar-refractivity contribution in [1.82, 2.24) is 0 Å². The molecule has 0 bridgehead atoms. The van der Waals surface area contributed by atoms with Crippen LogP contribution in [0.15, 0.2) is 11.6 Å². The van der Waals surface area contributed by atoms with Crippen molar-refractivity contribution in [2.24, 2.45) is 45.8 Å². The Bertz CT molecular complexity index is 664. The molecule has 0 amide bonds. The molecule has 0 aliphatic heterocycles. The Labute approximate surface area is 188 Å². The highest BCUT2D eigenvalue weighted by molar-refractivity contribution is 6.48. The highest BCUT2D eigenvalue weighted by Crippen LogP contribution is 2.68. The molecule has 4 rings (SSSR count). The molecule has 0 heterocycles. The standard InChI is InChI=1S/C27H48O2Si/c1-25(2,3)18-10-13-26(4)19(16-18)8-9-20-21(26)11-14-27(5)22(12-15-29-30(6)7)24(28)17-23(20)27/h12,18-21,23-24,28,30H,8-11,13-17H2,1-7H3/t18?,19?,20-,21+,23+,24?,26+,27-/m1/s1. The summed E-state index contributed by atoms with van der Waals surface area (Å²) in [6.07, 6.45) is 12.8. The lowest BCUT2D eigenvalue weighted by Gasteiger charge is -2.61. The Hall–Kier alpha value is -0.123. The summed E-state index contributed by atoms with van der Waals surface area (Å²) in [6, 6.07) is 0. The van der Waals surface area contributed by atoms with Gasteiger partial charge in [0.15, 0.2) is 9.04 Å². The van der Waals surface area contributed by atoms with Gasteiger partial charge in [-0.1, -0.05) is 40.7 Å². The van der Waals surface area contributed by atoms with E-state index in [1.54, 1.807) is 0 Å². The molecule has 0 aromatic carbocycles. The topological polar surface area (TPSA) is 29.5 Å². The maximum absolute atomic E-state index is 11.0. The van der Waals surface area contributed by atoms with Gasteiger partial charge >= 0.3 is 0 Å². The Morgan fingerprint density at radius 2 is 1.77 bits per heavy atom. The lowest BCUT2D eigenvalue weighted by atomic mass is 9.44. The van der Waals surface area contributed by atoms with Crippen molar-refractivity contribution in [3.05, 3.63) is 11.6 Å². The molecule has 3 heteroatoms. The number of rotatable bonds is 3. The number of aliphatic hydroxyl groups is 1. The van der Waals surface area contributed by atoms with Gasteiger partial charge in [-0.05, 0) is 116 Å². The second kappa shape index (κ2) is 8.03. The van der Waals surface area contributed by atoms with Crippen LogP contribution in [0.2, 0.25) is 13.1 Å². The first-order valence-electron chi connectivity index (χ1n) is 13.0. The fraction of sp³-hybridized carbons (Fsp3) is 0.926. The first-order valence-corrected chi connectivity index (χ1v) is 15.7. The molecule has 2 nitrogen and oxygen atoms in total. The summed E-state index contributed by atoms with van der Waals surface area (Å²) >= 11 is 0. The van der Waals surface area contributed by atoms with Crippen LogP contribution in [0.4, 0.5) is 0 Å². The summed E-state index contributed by atoms with van der Waals surface area (Å²) < 4.78 is 5.96. The smallest absolute Gasteiger partial charge is 0.171 e. The van der Waals surface area contributed by atoms with Crippen LogP contribution in [0.25, 0.3) is 0 Å². The molecule has 30 heavy (non-hydrogen) atoms. The van der Waals surface area contributed by atoms with E-state index < -0.39 is 9.04 Å². The van der Waals surface area contributed by atoms with E-state index >= 15 is 0 Å². The van der Waals surface area contributed by atoms with Crippen molar-refractivity contribution >= 4 is 9.04 Å². The van der Waals surface area contributed by atoms with E-state index in [4.69, 9.17) is 4.43 Å².